The summed E-state index contributed by atoms with van der Waals surface area (Å²) in [7, 11) is 1.45. The third kappa shape index (κ3) is 4.79. The number of esters is 1. The van der Waals surface area contributed by atoms with Gasteiger partial charge in [-0.1, -0.05) is 35.6 Å². The molecule has 7 heteroatoms. The van der Waals surface area contributed by atoms with E-state index in [1.165, 1.54) is 18.2 Å². The van der Waals surface area contributed by atoms with E-state index in [1.54, 1.807) is 11.3 Å². The van der Waals surface area contributed by atoms with Crippen molar-refractivity contribution < 1.29 is 14.3 Å². The van der Waals surface area contributed by atoms with Crippen LogP contribution in [0.4, 0.5) is 0 Å². The highest BCUT2D eigenvalue weighted by Gasteiger charge is 2.32. The van der Waals surface area contributed by atoms with Gasteiger partial charge >= 0.3 is 5.97 Å². The second-order valence-corrected chi connectivity index (χ2v) is 9.43. The molecule has 166 valence electrons. The Kier molecular flexibility index (Phi) is 6.10. The van der Waals surface area contributed by atoms with Gasteiger partial charge in [0.1, 0.15) is 5.75 Å². The number of fused-ring (bicyclic) bond motifs is 2. The topological polar surface area (TPSA) is 54.9 Å². The summed E-state index contributed by atoms with van der Waals surface area (Å²) >= 11 is 1.56. The van der Waals surface area contributed by atoms with E-state index >= 15 is 0 Å². The molecule has 1 saturated heterocycles. The molecule has 0 radical (unpaired) electrons. The van der Waals surface area contributed by atoms with Crippen LogP contribution in [-0.2, 0) is 16.1 Å². The molecule has 1 unspecified atom stereocenters. The molecule has 2 aromatic carbocycles. The molecular weight excluding hydrogens is 422 g/mol. The summed E-state index contributed by atoms with van der Waals surface area (Å²) in [5, 5.41) is 0.673. The van der Waals surface area contributed by atoms with Crippen LogP contribution in [0.25, 0.3) is 10.2 Å². The quantitative estimate of drug-likeness (QED) is 0.466. The van der Waals surface area contributed by atoms with Gasteiger partial charge in [-0.3, -0.25) is 9.69 Å². The summed E-state index contributed by atoms with van der Waals surface area (Å²) in [6.07, 6.45) is 3.69. The lowest BCUT2D eigenvalue weighted by Crippen LogP contribution is -2.27. The fraction of sp³-hybridized carbons (Fsp3) is 0.360. The molecule has 0 amide bonds. The standard InChI is InChI=1S/C25H27N3O3S/c1-30-24(29)7-4-12-27-14-19-16-28(17-20(19)15-27)13-18-8-10-21(11-9-18)31-25-26-22-5-2-3-6-23(22)32-25/h2-3,5-6,8-11,16,20H,4,7,12-15,17H2,1H3. The van der Waals surface area contributed by atoms with Gasteiger partial charge in [0.15, 0.2) is 0 Å². The maximum atomic E-state index is 11.3. The number of rotatable bonds is 8. The lowest BCUT2D eigenvalue weighted by Gasteiger charge is -2.20. The predicted octanol–water partition coefficient (Wildman–Crippen LogP) is 4.67. The van der Waals surface area contributed by atoms with Crippen LogP contribution in [-0.4, -0.2) is 54.0 Å². The number of ether oxygens (including phenoxy) is 2. The first kappa shape index (κ1) is 21.0. The number of nitrogens with zero attached hydrogens (tertiary/aromatic N) is 3. The highest BCUT2D eigenvalue weighted by Crippen LogP contribution is 2.32. The summed E-state index contributed by atoms with van der Waals surface area (Å²) in [6.45, 7) is 5.02. The average molecular weight is 450 g/mol. The van der Waals surface area contributed by atoms with Crippen molar-refractivity contribution in [1.82, 2.24) is 14.8 Å². The van der Waals surface area contributed by atoms with Crippen LogP contribution < -0.4 is 4.74 Å². The number of thiazole rings is 1. The molecule has 0 spiro atoms. The molecular formula is C25H27N3O3S. The van der Waals surface area contributed by atoms with E-state index in [-0.39, 0.29) is 5.97 Å². The Bertz CT molecular complexity index is 1090. The first-order valence-electron chi connectivity index (χ1n) is 11.0. The average Bonchev–Trinajstić information content (AvgIpc) is 3.47. The van der Waals surface area contributed by atoms with Crippen LogP contribution in [0.5, 0.6) is 10.9 Å². The molecule has 0 bridgehead atoms. The zero-order valence-corrected chi connectivity index (χ0v) is 19.0. The first-order valence-corrected chi connectivity index (χ1v) is 11.8. The molecule has 0 aliphatic carbocycles. The van der Waals surface area contributed by atoms with Crippen molar-refractivity contribution in [3.8, 4) is 10.9 Å². The van der Waals surface area contributed by atoms with Crippen molar-refractivity contribution in [3.63, 3.8) is 0 Å². The maximum absolute atomic E-state index is 11.3. The fourth-order valence-electron chi connectivity index (χ4n) is 4.49. The van der Waals surface area contributed by atoms with Crippen LogP contribution in [0.1, 0.15) is 18.4 Å². The van der Waals surface area contributed by atoms with Crippen molar-refractivity contribution in [2.24, 2.45) is 5.92 Å². The maximum Gasteiger partial charge on any atom is 0.305 e. The number of para-hydroxylation sites is 1. The summed E-state index contributed by atoms with van der Waals surface area (Å²) in [6, 6.07) is 16.4. The molecule has 2 aliphatic rings. The van der Waals surface area contributed by atoms with E-state index in [0.29, 0.717) is 17.5 Å². The van der Waals surface area contributed by atoms with Gasteiger partial charge in [-0.25, -0.2) is 4.98 Å². The normalized spacial score (nSPS) is 18.1. The van der Waals surface area contributed by atoms with Gasteiger partial charge in [-0.05, 0) is 48.4 Å². The van der Waals surface area contributed by atoms with E-state index < -0.39 is 0 Å². The van der Waals surface area contributed by atoms with E-state index in [0.717, 1.165) is 55.1 Å². The van der Waals surface area contributed by atoms with E-state index in [4.69, 9.17) is 9.47 Å². The van der Waals surface area contributed by atoms with Gasteiger partial charge in [0, 0.05) is 44.7 Å². The van der Waals surface area contributed by atoms with Gasteiger partial charge in [0.25, 0.3) is 5.19 Å². The number of hydrogen-bond donors (Lipinski definition) is 0. The SMILES string of the molecule is COC(=O)CCCN1CC2=CN(Cc3ccc(Oc4nc5ccccc5s4)cc3)CC2C1. The molecule has 3 aromatic rings. The number of methoxy groups -OCH3 is 1. The van der Waals surface area contributed by atoms with Gasteiger partial charge < -0.3 is 14.4 Å². The molecule has 0 N–H and O–H groups in total. The highest BCUT2D eigenvalue weighted by atomic mass is 32.1. The number of carbonyl (C=O) groups is 1. The minimum absolute atomic E-state index is 0.119. The van der Waals surface area contributed by atoms with Gasteiger partial charge in [-0.2, -0.15) is 0 Å². The summed E-state index contributed by atoms with van der Waals surface area (Å²) in [5.74, 6) is 1.30. The Morgan fingerprint density at radius 2 is 2.00 bits per heavy atom. The molecule has 5 rings (SSSR count). The van der Waals surface area contributed by atoms with E-state index in [2.05, 4.69) is 39.2 Å². The third-order valence-electron chi connectivity index (χ3n) is 6.08. The lowest BCUT2D eigenvalue weighted by molar-refractivity contribution is -0.140. The number of aromatic nitrogens is 1. The number of hydrogen-bond acceptors (Lipinski definition) is 7. The van der Waals surface area contributed by atoms with Crippen molar-refractivity contribution in [3.05, 3.63) is 65.9 Å². The summed E-state index contributed by atoms with van der Waals surface area (Å²) in [5.41, 5.74) is 3.76. The predicted molar refractivity (Wildman–Crippen MR) is 126 cm³/mol. The van der Waals surface area contributed by atoms with Crippen LogP contribution >= 0.6 is 11.3 Å². The highest BCUT2D eigenvalue weighted by molar-refractivity contribution is 7.20. The van der Waals surface area contributed by atoms with E-state index in [1.807, 2.05) is 30.3 Å². The Morgan fingerprint density at radius 3 is 2.78 bits per heavy atom. The lowest BCUT2D eigenvalue weighted by atomic mass is 10.1. The molecule has 3 heterocycles. The van der Waals surface area contributed by atoms with E-state index in [9.17, 15) is 4.79 Å². The second kappa shape index (κ2) is 9.30. The summed E-state index contributed by atoms with van der Waals surface area (Å²) in [4.78, 5) is 20.7. The number of carbonyl (C=O) groups excluding carboxylic acids is 1. The monoisotopic (exact) mass is 449 g/mol. The van der Waals surface area contributed by atoms with Gasteiger partial charge in [0.2, 0.25) is 0 Å². The largest absolute Gasteiger partial charge is 0.469 e. The Morgan fingerprint density at radius 1 is 1.16 bits per heavy atom. The van der Waals surface area contributed by atoms with Gasteiger partial charge in [0.05, 0.1) is 17.3 Å². The smallest absolute Gasteiger partial charge is 0.305 e. The molecule has 2 aliphatic heterocycles. The minimum atomic E-state index is -0.119. The van der Waals surface area contributed by atoms with Crippen LogP contribution in [0.15, 0.2) is 60.3 Å². The van der Waals surface area contributed by atoms with Crippen molar-refractivity contribution in [2.75, 3.05) is 33.3 Å². The molecule has 0 saturated carbocycles. The molecule has 1 fully saturated rings. The zero-order chi connectivity index (χ0) is 21.9. The Labute approximate surface area is 192 Å². The minimum Gasteiger partial charge on any atom is -0.469 e. The van der Waals surface area contributed by atoms with Crippen molar-refractivity contribution >= 4 is 27.5 Å². The second-order valence-electron chi connectivity index (χ2n) is 8.44. The Hall–Kier alpha value is -2.90. The molecule has 1 atom stereocenters. The first-order chi connectivity index (χ1) is 15.7. The number of likely N-dealkylation sites (tertiary alicyclic amines) is 1. The zero-order valence-electron chi connectivity index (χ0n) is 18.2. The third-order valence-corrected chi connectivity index (χ3v) is 7.00. The van der Waals surface area contributed by atoms with Crippen molar-refractivity contribution in [1.29, 1.82) is 0 Å². The Balaban J connectivity index is 1.12. The fourth-order valence-corrected chi connectivity index (χ4v) is 5.33. The van der Waals surface area contributed by atoms with Crippen LogP contribution in [0.2, 0.25) is 0 Å². The van der Waals surface area contributed by atoms with Gasteiger partial charge in [-0.15, -0.1) is 0 Å². The summed E-state index contributed by atoms with van der Waals surface area (Å²) < 4.78 is 11.8. The van der Waals surface area contributed by atoms with Crippen LogP contribution in [0.3, 0.4) is 0 Å². The molecule has 1 aromatic heterocycles. The molecule has 32 heavy (non-hydrogen) atoms. The number of benzene rings is 2. The van der Waals surface area contributed by atoms with Crippen LogP contribution in [0, 0.1) is 5.92 Å². The molecule has 6 nitrogen and oxygen atoms in total. The van der Waals surface area contributed by atoms with Crippen molar-refractivity contribution in [2.45, 2.75) is 19.4 Å².